The molecule has 1 atom stereocenters. The second-order valence-corrected chi connectivity index (χ2v) is 5.16. The van der Waals surface area contributed by atoms with Gasteiger partial charge in [-0.15, -0.1) is 0 Å². The lowest BCUT2D eigenvalue weighted by Gasteiger charge is -2.18. The topological polar surface area (TPSA) is 58.4 Å². The lowest BCUT2D eigenvalue weighted by molar-refractivity contribution is -0.117. The van der Waals surface area contributed by atoms with Crippen LogP contribution in [0.15, 0.2) is 18.2 Å². The van der Waals surface area contributed by atoms with E-state index >= 15 is 0 Å². The third kappa shape index (κ3) is 4.56. The highest BCUT2D eigenvalue weighted by Gasteiger charge is 2.11. The van der Waals surface area contributed by atoms with E-state index in [0.717, 1.165) is 17.8 Å². The summed E-state index contributed by atoms with van der Waals surface area (Å²) in [5.74, 6) is 0.296. The highest BCUT2D eigenvalue weighted by molar-refractivity contribution is 5.91. The van der Waals surface area contributed by atoms with Gasteiger partial charge in [0.2, 0.25) is 5.91 Å². The van der Waals surface area contributed by atoms with E-state index in [4.69, 9.17) is 5.73 Å². The van der Waals surface area contributed by atoms with Crippen LogP contribution in [-0.2, 0) is 4.79 Å². The molecule has 1 unspecified atom stereocenters. The maximum Gasteiger partial charge on any atom is 0.224 e. The maximum atomic E-state index is 11.9. The van der Waals surface area contributed by atoms with Crippen LogP contribution in [0.3, 0.4) is 0 Å². The van der Waals surface area contributed by atoms with Crippen LogP contribution in [0.5, 0.6) is 0 Å². The summed E-state index contributed by atoms with van der Waals surface area (Å²) < 4.78 is 0. The van der Waals surface area contributed by atoms with Gasteiger partial charge in [-0.1, -0.05) is 19.4 Å². The molecule has 4 heteroatoms. The molecule has 0 fully saturated rings. The number of hydrogen-bond acceptors (Lipinski definition) is 3. The van der Waals surface area contributed by atoms with Crippen LogP contribution < -0.4 is 16.0 Å². The van der Waals surface area contributed by atoms with Gasteiger partial charge >= 0.3 is 0 Å². The van der Waals surface area contributed by atoms with Crippen LogP contribution in [0.2, 0.25) is 0 Å². The quantitative estimate of drug-likeness (QED) is 0.828. The molecule has 0 bridgehead atoms. The zero-order chi connectivity index (χ0) is 14.4. The summed E-state index contributed by atoms with van der Waals surface area (Å²) in [5, 5.41) is 2.94. The molecule has 106 valence electrons. The number of aryl methyl sites for hydroxylation is 1. The van der Waals surface area contributed by atoms with Gasteiger partial charge in [0.1, 0.15) is 0 Å². The molecule has 0 aliphatic rings. The zero-order valence-electron chi connectivity index (χ0n) is 12.4. The highest BCUT2D eigenvalue weighted by atomic mass is 16.1. The van der Waals surface area contributed by atoms with Gasteiger partial charge in [-0.3, -0.25) is 4.79 Å². The van der Waals surface area contributed by atoms with Crippen LogP contribution in [0, 0.1) is 12.8 Å². The summed E-state index contributed by atoms with van der Waals surface area (Å²) in [7, 11) is 3.99. The maximum absolute atomic E-state index is 11.9. The Morgan fingerprint density at radius 3 is 2.63 bits per heavy atom. The SMILES string of the molecule is CCC(CN)CC(=O)Nc1ccc(C)c(N(C)C)c1. The average molecular weight is 263 g/mol. The van der Waals surface area contributed by atoms with Crippen LogP contribution in [-0.4, -0.2) is 26.5 Å². The smallest absolute Gasteiger partial charge is 0.224 e. The molecule has 1 aromatic carbocycles. The van der Waals surface area contributed by atoms with Gasteiger partial charge in [0.25, 0.3) is 0 Å². The van der Waals surface area contributed by atoms with Crippen molar-refractivity contribution in [3.63, 3.8) is 0 Å². The van der Waals surface area contributed by atoms with Crippen molar-refractivity contribution < 1.29 is 4.79 Å². The average Bonchev–Trinajstić information content (AvgIpc) is 2.37. The summed E-state index contributed by atoms with van der Waals surface area (Å²) >= 11 is 0. The van der Waals surface area contributed by atoms with Crippen molar-refractivity contribution in [2.75, 3.05) is 30.9 Å². The number of anilines is 2. The molecule has 4 nitrogen and oxygen atoms in total. The second kappa shape index (κ2) is 7.14. The Morgan fingerprint density at radius 2 is 2.11 bits per heavy atom. The number of benzene rings is 1. The molecular formula is C15H25N3O. The summed E-state index contributed by atoms with van der Waals surface area (Å²) in [4.78, 5) is 14.0. The fraction of sp³-hybridized carbons (Fsp3) is 0.533. The molecule has 3 N–H and O–H groups in total. The predicted molar refractivity (Wildman–Crippen MR) is 81.6 cm³/mol. The molecule has 0 spiro atoms. The van der Waals surface area contributed by atoms with Gasteiger partial charge in [0.05, 0.1) is 0 Å². The Bertz CT molecular complexity index is 425. The van der Waals surface area contributed by atoms with Gasteiger partial charge in [-0.25, -0.2) is 0 Å². The van der Waals surface area contributed by atoms with Gasteiger partial charge in [0.15, 0.2) is 0 Å². The molecule has 0 saturated heterocycles. The molecule has 0 aliphatic carbocycles. The second-order valence-electron chi connectivity index (χ2n) is 5.16. The molecule has 1 rings (SSSR count). The first-order valence-corrected chi connectivity index (χ1v) is 6.75. The molecule has 1 amide bonds. The minimum absolute atomic E-state index is 0.0332. The Morgan fingerprint density at radius 1 is 1.42 bits per heavy atom. The van der Waals surface area contributed by atoms with Gasteiger partial charge in [0, 0.05) is 31.9 Å². The summed E-state index contributed by atoms with van der Waals surface area (Å²) in [6.07, 6.45) is 1.42. The Labute approximate surface area is 116 Å². The van der Waals surface area contributed by atoms with E-state index in [0.29, 0.717) is 13.0 Å². The lowest BCUT2D eigenvalue weighted by atomic mass is 10.0. The Hall–Kier alpha value is -1.55. The van der Waals surface area contributed by atoms with E-state index in [1.54, 1.807) is 0 Å². The zero-order valence-corrected chi connectivity index (χ0v) is 12.4. The summed E-state index contributed by atoms with van der Waals surface area (Å²) in [6.45, 7) is 4.67. The van der Waals surface area contributed by atoms with Gasteiger partial charge in [-0.05, 0) is 37.1 Å². The Balaban J connectivity index is 2.72. The highest BCUT2D eigenvalue weighted by Crippen LogP contribution is 2.22. The van der Waals surface area contributed by atoms with Crippen molar-refractivity contribution >= 4 is 17.3 Å². The first-order valence-electron chi connectivity index (χ1n) is 6.75. The first-order chi connectivity index (χ1) is 8.97. The number of nitrogens with zero attached hydrogens (tertiary/aromatic N) is 1. The monoisotopic (exact) mass is 263 g/mol. The fourth-order valence-electron chi connectivity index (χ4n) is 2.04. The van der Waals surface area contributed by atoms with Gasteiger partial charge < -0.3 is 16.0 Å². The summed E-state index contributed by atoms with van der Waals surface area (Å²) in [5.41, 5.74) is 8.77. The normalized spacial score (nSPS) is 12.1. The largest absolute Gasteiger partial charge is 0.377 e. The van der Waals surface area contributed by atoms with E-state index in [1.165, 1.54) is 5.56 Å². The predicted octanol–water partition coefficient (Wildman–Crippen LogP) is 2.37. The number of rotatable bonds is 6. The third-order valence-corrected chi connectivity index (χ3v) is 3.36. The number of nitrogens with one attached hydrogen (secondary N) is 1. The number of nitrogens with two attached hydrogens (primary N) is 1. The minimum atomic E-state index is 0.0332. The fourth-order valence-corrected chi connectivity index (χ4v) is 2.04. The number of hydrogen-bond donors (Lipinski definition) is 2. The Kier molecular flexibility index (Phi) is 5.83. The van der Waals surface area contributed by atoms with E-state index in [2.05, 4.69) is 19.2 Å². The van der Waals surface area contributed by atoms with Crippen LogP contribution in [0.25, 0.3) is 0 Å². The lowest BCUT2D eigenvalue weighted by Crippen LogP contribution is -2.22. The standard InChI is InChI=1S/C15H25N3O/c1-5-12(10-16)8-15(19)17-13-7-6-11(2)14(9-13)18(3)4/h6-7,9,12H,5,8,10,16H2,1-4H3,(H,17,19). The van der Waals surface area contributed by atoms with E-state index in [1.807, 2.05) is 37.2 Å². The molecule has 0 saturated carbocycles. The van der Waals surface area contributed by atoms with Crippen LogP contribution in [0.1, 0.15) is 25.3 Å². The van der Waals surface area contributed by atoms with Crippen molar-refractivity contribution in [1.29, 1.82) is 0 Å². The molecule has 0 radical (unpaired) electrons. The number of amides is 1. The van der Waals surface area contributed by atoms with Crippen LogP contribution >= 0.6 is 0 Å². The minimum Gasteiger partial charge on any atom is -0.377 e. The molecule has 0 aliphatic heterocycles. The van der Waals surface area contributed by atoms with Crippen molar-refractivity contribution in [1.82, 2.24) is 0 Å². The van der Waals surface area contributed by atoms with E-state index in [9.17, 15) is 4.79 Å². The molecule has 1 aromatic rings. The van der Waals surface area contributed by atoms with Crippen molar-refractivity contribution in [2.24, 2.45) is 11.7 Å². The third-order valence-electron chi connectivity index (χ3n) is 3.36. The molecular weight excluding hydrogens is 238 g/mol. The number of carbonyl (C=O) groups is 1. The van der Waals surface area contributed by atoms with E-state index < -0.39 is 0 Å². The van der Waals surface area contributed by atoms with Crippen LogP contribution in [0.4, 0.5) is 11.4 Å². The molecule has 0 heterocycles. The number of carbonyl (C=O) groups excluding carboxylic acids is 1. The van der Waals surface area contributed by atoms with Crippen molar-refractivity contribution in [3.05, 3.63) is 23.8 Å². The van der Waals surface area contributed by atoms with Crippen molar-refractivity contribution in [3.8, 4) is 0 Å². The molecule has 0 aromatic heterocycles. The van der Waals surface area contributed by atoms with Gasteiger partial charge in [-0.2, -0.15) is 0 Å². The van der Waals surface area contributed by atoms with E-state index in [-0.39, 0.29) is 11.8 Å². The summed E-state index contributed by atoms with van der Waals surface area (Å²) in [6, 6.07) is 5.95. The molecule has 19 heavy (non-hydrogen) atoms. The van der Waals surface area contributed by atoms with Crippen molar-refractivity contribution in [2.45, 2.75) is 26.7 Å². The first kappa shape index (κ1) is 15.5.